The molecule has 0 fully saturated rings. The summed E-state index contributed by atoms with van der Waals surface area (Å²) in [5, 5.41) is 2.85. The van der Waals surface area contributed by atoms with Crippen LogP contribution in [0.5, 0.6) is 11.5 Å². The molecule has 0 saturated carbocycles. The fraction of sp³-hybridized carbons (Fsp3) is 0.133. The summed E-state index contributed by atoms with van der Waals surface area (Å²) in [5.74, 6) is 1.12. The van der Waals surface area contributed by atoms with Crippen LogP contribution in [-0.4, -0.2) is 12.7 Å². The summed E-state index contributed by atoms with van der Waals surface area (Å²) in [6.45, 7) is 2.19. The van der Waals surface area contributed by atoms with E-state index >= 15 is 0 Å². The summed E-state index contributed by atoms with van der Waals surface area (Å²) in [7, 11) is 0. The Morgan fingerprint density at radius 1 is 1.11 bits per heavy atom. The lowest BCUT2D eigenvalue weighted by molar-refractivity contribution is 0.102. The number of rotatable bonds is 2. The first kappa shape index (κ1) is 11.6. The number of amides is 1. The standard InChI is InChI=1S/C15H13NO3/c1-10-3-2-4-12(7-10)16-15(17)11-5-6-13-14(8-11)19-9-18-13/h2-8H,9H2,1H3,(H,16,17). The third kappa shape index (κ3) is 2.38. The van der Waals surface area contributed by atoms with Crippen LogP contribution >= 0.6 is 0 Å². The van der Waals surface area contributed by atoms with E-state index in [1.807, 2.05) is 31.2 Å². The molecular formula is C15H13NO3. The number of carbonyl (C=O) groups excluding carboxylic acids is 1. The van der Waals surface area contributed by atoms with Gasteiger partial charge in [0.2, 0.25) is 6.79 Å². The van der Waals surface area contributed by atoms with Crippen LogP contribution in [0.4, 0.5) is 5.69 Å². The summed E-state index contributed by atoms with van der Waals surface area (Å²) in [4.78, 5) is 12.1. The van der Waals surface area contributed by atoms with E-state index in [9.17, 15) is 4.79 Å². The molecule has 4 heteroatoms. The van der Waals surface area contributed by atoms with Crippen molar-refractivity contribution < 1.29 is 14.3 Å². The molecule has 1 aliphatic rings. The first-order valence-electron chi connectivity index (χ1n) is 6.00. The zero-order valence-corrected chi connectivity index (χ0v) is 10.5. The number of fused-ring (bicyclic) bond motifs is 1. The predicted octanol–water partition coefficient (Wildman–Crippen LogP) is 2.98. The molecule has 96 valence electrons. The Bertz CT molecular complexity index is 637. The van der Waals surface area contributed by atoms with Gasteiger partial charge in [-0.1, -0.05) is 12.1 Å². The van der Waals surface area contributed by atoms with Gasteiger partial charge in [-0.3, -0.25) is 4.79 Å². The van der Waals surface area contributed by atoms with Gasteiger partial charge in [0.05, 0.1) is 0 Å². The van der Waals surface area contributed by atoms with Crippen molar-refractivity contribution in [2.24, 2.45) is 0 Å². The van der Waals surface area contributed by atoms with Crippen molar-refractivity contribution in [2.45, 2.75) is 6.92 Å². The summed E-state index contributed by atoms with van der Waals surface area (Å²) < 4.78 is 10.5. The number of hydrogen-bond acceptors (Lipinski definition) is 3. The molecule has 0 saturated heterocycles. The number of nitrogens with one attached hydrogen (secondary N) is 1. The molecule has 0 atom stereocenters. The summed E-state index contributed by atoms with van der Waals surface area (Å²) >= 11 is 0. The summed E-state index contributed by atoms with van der Waals surface area (Å²) in [6, 6.07) is 12.8. The quantitative estimate of drug-likeness (QED) is 0.897. The topological polar surface area (TPSA) is 47.6 Å². The molecule has 0 spiro atoms. The van der Waals surface area contributed by atoms with Gasteiger partial charge in [-0.2, -0.15) is 0 Å². The van der Waals surface area contributed by atoms with Crippen LogP contribution in [-0.2, 0) is 0 Å². The molecule has 0 radical (unpaired) electrons. The molecule has 3 rings (SSSR count). The first-order valence-corrected chi connectivity index (χ1v) is 6.00. The second-order valence-corrected chi connectivity index (χ2v) is 4.39. The number of aryl methyl sites for hydroxylation is 1. The van der Waals surface area contributed by atoms with Crippen LogP contribution in [0.15, 0.2) is 42.5 Å². The molecule has 1 amide bonds. The Kier molecular flexibility index (Phi) is 2.83. The minimum atomic E-state index is -0.163. The molecule has 19 heavy (non-hydrogen) atoms. The normalized spacial score (nSPS) is 12.3. The van der Waals surface area contributed by atoms with Crippen LogP contribution < -0.4 is 14.8 Å². The predicted molar refractivity (Wildman–Crippen MR) is 71.7 cm³/mol. The average Bonchev–Trinajstić information content (AvgIpc) is 2.85. The minimum Gasteiger partial charge on any atom is -0.454 e. The molecule has 4 nitrogen and oxygen atoms in total. The highest BCUT2D eigenvalue weighted by molar-refractivity contribution is 6.04. The monoisotopic (exact) mass is 255 g/mol. The lowest BCUT2D eigenvalue weighted by atomic mass is 10.1. The Morgan fingerprint density at radius 3 is 2.79 bits per heavy atom. The van der Waals surface area contributed by atoms with Gasteiger partial charge in [0.25, 0.3) is 5.91 Å². The molecule has 1 N–H and O–H groups in total. The van der Waals surface area contributed by atoms with E-state index in [-0.39, 0.29) is 12.7 Å². The maximum absolute atomic E-state index is 12.1. The van der Waals surface area contributed by atoms with Gasteiger partial charge in [0, 0.05) is 11.3 Å². The van der Waals surface area contributed by atoms with E-state index in [0.29, 0.717) is 17.1 Å². The van der Waals surface area contributed by atoms with Crippen molar-refractivity contribution in [3.8, 4) is 11.5 Å². The van der Waals surface area contributed by atoms with Crippen molar-refractivity contribution in [3.63, 3.8) is 0 Å². The molecule has 0 bridgehead atoms. The van der Waals surface area contributed by atoms with Crippen LogP contribution in [0.25, 0.3) is 0 Å². The minimum absolute atomic E-state index is 0.163. The number of benzene rings is 2. The lowest BCUT2D eigenvalue weighted by Crippen LogP contribution is -2.11. The Morgan fingerprint density at radius 2 is 1.95 bits per heavy atom. The van der Waals surface area contributed by atoms with Gasteiger partial charge in [0.1, 0.15) is 0 Å². The zero-order chi connectivity index (χ0) is 13.2. The maximum Gasteiger partial charge on any atom is 0.255 e. The van der Waals surface area contributed by atoms with E-state index in [0.717, 1.165) is 11.3 Å². The van der Waals surface area contributed by atoms with Gasteiger partial charge in [0.15, 0.2) is 11.5 Å². The largest absolute Gasteiger partial charge is 0.454 e. The van der Waals surface area contributed by atoms with E-state index in [4.69, 9.17) is 9.47 Å². The summed E-state index contributed by atoms with van der Waals surface area (Å²) in [5.41, 5.74) is 2.43. The number of hydrogen-bond donors (Lipinski definition) is 1. The zero-order valence-electron chi connectivity index (χ0n) is 10.5. The van der Waals surface area contributed by atoms with Gasteiger partial charge in [-0.15, -0.1) is 0 Å². The van der Waals surface area contributed by atoms with Crippen LogP contribution in [0.3, 0.4) is 0 Å². The fourth-order valence-corrected chi connectivity index (χ4v) is 1.96. The highest BCUT2D eigenvalue weighted by Gasteiger charge is 2.16. The molecule has 0 unspecified atom stereocenters. The average molecular weight is 255 g/mol. The smallest absolute Gasteiger partial charge is 0.255 e. The van der Waals surface area contributed by atoms with Gasteiger partial charge < -0.3 is 14.8 Å². The van der Waals surface area contributed by atoms with Crippen molar-refractivity contribution in [1.29, 1.82) is 0 Å². The summed E-state index contributed by atoms with van der Waals surface area (Å²) in [6.07, 6.45) is 0. The first-order chi connectivity index (χ1) is 9.22. The van der Waals surface area contributed by atoms with Gasteiger partial charge >= 0.3 is 0 Å². The molecule has 1 heterocycles. The Labute approximate surface area is 111 Å². The molecule has 0 aromatic heterocycles. The molecule has 1 aliphatic heterocycles. The SMILES string of the molecule is Cc1cccc(NC(=O)c2ccc3c(c2)OCO3)c1. The second-order valence-electron chi connectivity index (χ2n) is 4.39. The molecule has 2 aromatic rings. The van der Waals surface area contributed by atoms with Gasteiger partial charge in [-0.05, 0) is 42.8 Å². The van der Waals surface area contributed by atoms with Crippen molar-refractivity contribution in [3.05, 3.63) is 53.6 Å². The highest BCUT2D eigenvalue weighted by atomic mass is 16.7. The number of anilines is 1. The second kappa shape index (κ2) is 4.65. The molecule has 0 aliphatic carbocycles. The lowest BCUT2D eigenvalue weighted by Gasteiger charge is -2.06. The molecule has 2 aromatic carbocycles. The van der Waals surface area contributed by atoms with Crippen LogP contribution in [0.1, 0.15) is 15.9 Å². The van der Waals surface area contributed by atoms with Crippen molar-refractivity contribution in [1.82, 2.24) is 0 Å². The van der Waals surface area contributed by atoms with E-state index in [2.05, 4.69) is 5.32 Å². The maximum atomic E-state index is 12.1. The third-order valence-electron chi connectivity index (χ3n) is 2.91. The van der Waals surface area contributed by atoms with E-state index < -0.39 is 0 Å². The van der Waals surface area contributed by atoms with E-state index in [1.165, 1.54) is 0 Å². The van der Waals surface area contributed by atoms with Crippen molar-refractivity contribution >= 4 is 11.6 Å². The van der Waals surface area contributed by atoms with E-state index in [1.54, 1.807) is 18.2 Å². The van der Waals surface area contributed by atoms with Gasteiger partial charge in [-0.25, -0.2) is 0 Å². The van der Waals surface area contributed by atoms with Crippen LogP contribution in [0, 0.1) is 6.92 Å². The van der Waals surface area contributed by atoms with Crippen molar-refractivity contribution in [2.75, 3.05) is 12.1 Å². The Hall–Kier alpha value is -2.49. The highest BCUT2D eigenvalue weighted by Crippen LogP contribution is 2.32. The Balaban J connectivity index is 1.81. The van der Waals surface area contributed by atoms with Crippen LogP contribution in [0.2, 0.25) is 0 Å². The number of carbonyl (C=O) groups is 1. The fourth-order valence-electron chi connectivity index (χ4n) is 1.96. The molecular weight excluding hydrogens is 242 g/mol. The number of ether oxygens (including phenoxy) is 2. The third-order valence-corrected chi connectivity index (χ3v) is 2.91.